The Balaban J connectivity index is 1.87. The summed E-state index contributed by atoms with van der Waals surface area (Å²) in [6, 6.07) is 23.2. The van der Waals surface area contributed by atoms with Crippen LogP contribution in [0, 0.1) is 6.92 Å². The average molecular weight is 346 g/mol. The minimum Gasteiger partial charge on any atom is -0.321 e. The largest absolute Gasteiger partial charge is 0.321 e. The number of carbonyl (C=O) groups excluding carboxylic acids is 1. The van der Waals surface area contributed by atoms with Gasteiger partial charge in [0.1, 0.15) is 0 Å². The lowest BCUT2D eigenvalue weighted by Crippen LogP contribution is -2.14. The van der Waals surface area contributed by atoms with Gasteiger partial charge >= 0.3 is 0 Å². The number of rotatable bonds is 5. The molecule has 0 aliphatic heterocycles. The Kier molecular flexibility index (Phi) is 5.46. The second-order valence-electron chi connectivity index (χ2n) is 6.33. The zero-order chi connectivity index (χ0) is 18.5. The Morgan fingerprint density at radius 1 is 0.962 bits per heavy atom. The molecule has 26 heavy (non-hydrogen) atoms. The summed E-state index contributed by atoms with van der Waals surface area (Å²) in [5.74, 6) is -0.117. The van der Waals surface area contributed by atoms with Crippen molar-refractivity contribution in [1.82, 2.24) is 5.06 Å². The maximum absolute atomic E-state index is 12.6. The molecule has 4 heteroatoms. The smallest absolute Gasteiger partial charge is 0.255 e. The predicted octanol–water partition coefficient (Wildman–Crippen LogP) is 4.74. The topological polar surface area (TPSA) is 52.6 Å². The van der Waals surface area contributed by atoms with Crippen molar-refractivity contribution >= 4 is 11.6 Å². The number of carbonyl (C=O) groups is 1. The van der Waals surface area contributed by atoms with Crippen molar-refractivity contribution in [3.8, 4) is 11.1 Å². The quantitative estimate of drug-likeness (QED) is 0.656. The van der Waals surface area contributed by atoms with Crippen molar-refractivity contribution in [2.45, 2.75) is 13.5 Å². The van der Waals surface area contributed by atoms with E-state index in [1.54, 1.807) is 7.05 Å². The van der Waals surface area contributed by atoms with Gasteiger partial charge in [0.05, 0.1) is 0 Å². The average Bonchev–Trinajstić information content (AvgIpc) is 2.63. The third-order valence-electron chi connectivity index (χ3n) is 4.24. The minimum absolute atomic E-state index is 0.117. The molecule has 0 saturated heterocycles. The Morgan fingerprint density at radius 3 is 2.31 bits per heavy atom. The van der Waals surface area contributed by atoms with Crippen LogP contribution in [0.2, 0.25) is 0 Å². The van der Waals surface area contributed by atoms with Crippen molar-refractivity contribution in [3.63, 3.8) is 0 Å². The molecule has 3 aromatic carbocycles. The van der Waals surface area contributed by atoms with Crippen LogP contribution >= 0.6 is 0 Å². The van der Waals surface area contributed by atoms with Gasteiger partial charge in [-0.2, -0.15) is 5.06 Å². The minimum atomic E-state index is -0.117. The lowest BCUT2D eigenvalue weighted by molar-refractivity contribution is -0.0731. The number of amides is 1. The third kappa shape index (κ3) is 4.17. The molecule has 0 unspecified atom stereocenters. The van der Waals surface area contributed by atoms with E-state index in [0.717, 1.165) is 33.0 Å². The number of hydroxylamine groups is 2. The van der Waals surface area contributed by atoms with Crippen LogP contribution in [0.4, 0.5) is 5.69 Å². The summed E-state index contributed by atoms with van der Waals surface area (Å²) < 4.78 is 0. The van der Waals surface area contributed by atoms with E-state index in [9.17, 15) is 10.0 Å². The molecule has 0 atom stereocenters. The first-order valence-corrected chi connectivity index (χ1v) is 8.50. The highest BCUT2D eigenvalue weighted by molar-refractivity contribution is 6.07. The molecule has 0 heterocycles. The van der Waals surface area contributed by atoms with Gasteiger partial charge in [0, 0.05) is 30.4 Å². The second-order valence-corrected chi connectivity index (χ2v) is 6.33. The Labute approximate surface area is 153 Å². The maximum Gasteiger partial charge on any atom is 0.255 e. The third-order valence-corrected chi connectivity index (χ3v) is 4.24. The van der Waals surface area contributed by atoms with Gasteiger partial charge in [0.25, 0.3) is 5.91 Å². The summed E-state index contributed by atoms with van der Waals surface area (Å²) in [6.45, 7) is 2.39. The number of hydrogen-bond donors (Lipinski definition) is 2. The first-order valence-electron chi connectivity index (χ1n) is 8.50. The van der Waals surface area contributed by atoms with Crippen molar-refractivity contribution in [1.29, 1.82) is 0 Å². The molecule has 4 nitrogen and oxygen atoms in total. The summed E-state index contributed by atoms with van der Waals surface area (Å²) in [6.07, 6.45) is 0. The molecule has 3 rings (SSSR count). The molecule has 0 bridgehead atoms. The summed E-state index contributed by atoms with van der Waals surface area (Å²) in [4.78, 5) is 12.6. The normalized spacial score (nSPS) is 10.8. The first kappa shape index (κ1) is 17.9. The fraction of sp³-hybridized carbons (Fsp3) is 0.136. The van der Waals surface area contributed by atoms with E-state index in [-0.39, 0.29) is 5.91 Å². The van der Waals surface area contributed by atoms with Crippen LogP contribution in [-0.4, -0.2) is 23.2 Å². The zero-order valence-corrected chi connectivity index (χ0v) is 14.9. The second kappa shape index (κ2) is 7.95. The van der Waals surface area contributed by atoms with E-state index in [0.29, 0.717) is 12.1 Å². The SMILES string of the molecule is Cc1ccccc1C(=O)Nc1ccccc1-c1ccc(CN(C)O)cc1. The fourth-order valence-corrected chi connectivity index (χ4v) is 2.92. The van der Waals surface area contributed by atoms with Crippen LogP contribution in [0.3, 0.4) is 0 Å². The Hall–Kier alpha value is -2.95. The molecule has 0 spiro atoms. The first-order chi connectivity index (χ1) is 12.5. The molecular weight excluding hydrogens is 324 g/mol. The molecule has 3 aromatic rings. The van der Waals surface area contributed by atoms with E-state index >= 15 is 0 Å². The summed E-state index contributed by atoms with van der Waals surface area (Å²) in [5, 5.41) is 13.5. The predicted molar refractivity (Wildman–Crippen MR) is 104 cm³/mol. The molecular formula is C22H22N2O2. The van der Waals surface area contributed by atoms with Gasteiger partial charge in [0.2, 0.25) is 0 Å². The van der Waals surface area contributed by atoms with Crippen molar-refractivity contribution in [2.24, 2.45) is 0 Å². The van der Waals surface area contributed by atoms with E-state index in [2.05, 4.69) is 5.32 Å². The van der Waals surface area contributed by atoms with Crippen LogP contribution < -0.4 is 5.32 Å². The monoisotopic (exact) mass is 346 g/mol. The molecule has 132 valence electrons. The Bertz CT molecular complexity index is 902. The van der Waals surface area contributed by atoms with Gasteiger partial charge in [-0.25, -0.2) is 0 Å². The molecule has 0 fully saturated rings. The number of aryl methyl sites for hydroxylation is 1. The molecule has 2 N–H and O–H groups in total. The lowest BCUT2D eigenvalue weighted by atomic mass is 10.0. The number of nitrogens with zero attached hydrogens (tertiary/aromatic N) is 1. The van der Waals surface area contributed by atoms with Gasteiger partial charge in [-0.05, 0) is 35.7 Å². The number of hydrogen-bond acceptors (Lipinski definition) is 3. The van der Waals surface area contributed by atoms with E-state index < -0.39 is 0 Å². The molecule has 0 radical (unpaired) electrons. The van der Waals surface area contributed by atoms with Crippen LogP contribution in [0.25, 0.3) is 11.1 Å². The molecule has 1 amide bonds. The standard InChI is InChI=1S/C22H22N2O2/c1-16-7-3-4-8-19(16)22(25)23-21-10-6-5-9-20(21)18-13-11-17(12-14-18)15-24(2)26/h3-14,26H,15H2,1-2H3,(H,23,25). The van der Waals surface area contributed by atoms with Crippen LogP contribution in [0.5, 0.6) is 0 Å². The highest BCUT2D eigenvalue weighted by atomic mass is 16.5. The van der Waals surface area contributed by atoms with Gasteiger partial charge in [-0.15, -0.1) is 0 Å². The molecule has 0 aliphatic rings. The van der Waals surface area contributed by atoms with Gasteiger partial charge in [-0.3, -0.25) is 4.79 Å². The van der Waals surface area contributed by atoms with Crippen molar-refractivity contribution in [3.05, 3.63) is 89.5 Å². The van der Waals surface area contributed by atoms with Gasteiger partial charge in [0.15, 0.2) is 0 Å². The number of para-hydroxylation sites is 1. The van der Waals surface area contributed by atoms with E-state index in [1.165, 1.54) is 0 Å². The summed E-state index contributed by atoms with van der Waals surface area (Å²) in [5.41, 5.74) is 5.37. The summed E-state index contributed by atoms with van der Waals surface area (Å²) >= 11 is 0. The van der Waals surface area contributed by atoms with Crippen LogP contribution in [-0.2, 0) is 6.54 Å². The molecule has 0 saturated carbocycles. The fourth-order valence-electron chi connectivity index (χ4n) is 2.92. The van der Waals surface area contributed by atoms with Gasteiger partial charge in [-0.1, -0.05) is 60.7 Å². The number of nitrogens with one attached hydrogen (secondary N) is 1. The van der Waals surface area contributed by atoms with Crippen molar-refractivity contribution < 1.29 is 10.0 Å². The summed E-state index contributed by atoms with van der Waals surface area (Å²) in [7, 11) is 1.62. The maximum atomic E-state index is 12.6. The van der Waals surface area contributed by atoms with E-state index in [1.807, 2.05) is 79.7 Å². The highest BCUT2D eigenvalue weighted by Crippen LogP contribution is 2.28. The van der Waals surface area contributed by atoms with Crippen molar-refractivity contribution in [2.75, 3.05) is 12.4 Å². The van der Waals surface area contributed by atoms with E-state index in [4.69, 9.17) is 0 Å². The van der Waals surface area contributed by atoms with Crippen LogP contribution in [0.15, 0.2) is 72.8 Å². The van der Waals surface area contributed by atoms with Crippen LogP contribution in [0.1, 0.15) is 21.5 Å². The number of anilines is 1. The zero-order valence-electron chi connectivity index (χ0n) is 14.9. The lowest BCUT2D eigenvalue weighted by Gasteiger charge is -2.13. The molecule has 0 aromatic heterocycles. The van der Waals surface area contributed by atoms with Gasteiger partial charge < -0.3 is 10.5 Å². The molecule has 0 aliphatic carbocycles. The number of benzene rings is 3. The highest BCUT2D eigenvalue weighted by Gasteiger charge is 2.12. The Morgan fingerprint density at radius 2 is 1.62 bits per heavy atom.